The third kappa shape index (κ3) is 4.39. The molecular weight excluding hydrogens is 292 g/mol. The van der Waals surface area contributed by atoms with Crippen LogP contribution in [0.2, 0.25) is 0 Å². The molecule has 0 fully saturated rings. The standard InChI is InChI=1S/C18H22N2O3/c1-12-5-7-15(13(2)9-12)20-18(21)11-19-16-10-14(22-3)6-8-17(16)23-4/h5-10,19H,11H2,1-4H3,(H,20,21). The lowest BCUT2D eigenvalue weighted by atomic mass is 10.1. The molecule has 0 aliphatic heterocycles. The molecule has 2 aromatic carbocycles. The van der Waals surface area contributed by atoms with Gasteiger partial charge in [-0.05, 0) is 37.6 Å². The van der Waals surface area contributed by atoms with Gasteiger partial charge in [-0.25, -0.2) is 0 Å². The van der Waals surface area contributed by atoms with Crippen LogP contribution in [0.3, 0.4) is 0 Å². The van der Waals surface area contributed by atoms with Gasteiger partial charge in [0, 0.05) is 11.8 Å². The summed E-state index contributed by atoms with van der Waals surface area (Å²) in [7, 11) is 3.18. The first-order valence-electron chi connectivity index (χ1n) is 7.36. The van der Waals surface area contributed by atoms with Gasteiger partial charge in [-0.15, -0.1) is 0 Å². The van der Waals surface area contributed by atoms with Crippen molar-refractivity contribution in [2.24, 2.45) is 0 Å². The summed E-state index contributed by atoms with van der Waals surface area (Å²) in [6.07, 6.45) is 0. The number of amides is 1. The highest BCUT2D eigenvalue weighted by Gasteiger charge is 2.08. The van der Waals surface area contributed by atoms with Gasteiger partial charge in [0.05, 0.1) is 26.5 Å². The average Bonchev–Trinajstić information content (AvgIpc) is 2.55. The summed E-state index contributed by atoms with van der Waals surface area (Å²) in [6.45, 7) is 4.13. The molecule has 0 aromatic heterocycles. The van der Waals surface area contributed by atoms with E-state index in [1.165, 1.54) is 5.56 Å². The van der Waals surface area contributed by atoms with Gasteiger partial charge in [0.2, 0.25) is 5.91 Å². The molecule has 1 amide bonds. The number of rotatable bonds is 6. The number of anilines is 2. The smallest absolute Gasteiger partial charge is 0.243 e. The van der Waals surface area contributed by atoms with Crippen molar-refractivity contribution in [2.75, 3.05) is 31.4 Å². The Kier molecular flexibility index (Phi) is 5.46. The van der Waals surface area contributed by atoms with Crippen molar-refractivity contribution in [1.82, 2.24) is 0 Å². The number of hydrogen-bond acceptors (Lipinski definition) is 4. The molecule has 2 N–H and O–H groups in total. The van der Waals surface area contributed by atoms with Crippen LogP contribution in [0.5, 0.6) is 11.5 Å². The molecule has 0 aliphatic carbocycles. The van der Waals surface area contributed by atoms with E-state index in [-0.39, 0.29) is 12.5 Å². The predicted molar refractivity (Wildman–Crippen MR) is 92.6 cm³/mol. The first-order chi connectivity index (χ1) is 11.0. The number of ether oxygens (including phenoxy) is 2. The minimum Gasteiger partial charge on any atom is -0.497 e. The summed E-state index contributed by atoms with van der Waals surface area (Å²) < 4.78 is 10.5. The minimum atomic E-state index is -0.123. The quantitative estimate of drug-likeness (QED) is 0.858. The second-order valence-corrected chi connectivity index (χ2v) is 5.29. The molecule has 0 spiro atoms. The molecule has 0 atom stereocenters. The summed E-state index contributed by atoms with van der Waals surface area (Å²) in [5.74, 6) is 1.23. The van der Waals surface area contributed by atoms with Crippen molar-refractivity contribution in [3.8, 4) is 11.5 Å². The van der Waals surface area contributed by atoms with E-state index in [0.717, 1.165) is 11.3 Å². The zero-order chi connectivity index (χ0) is 16.8. The first kappa shape index (κ1) is 16.7. The van der Waals surface area contributed by atoms with Gasteiger partial charge in [0.15, 0.2) is 0 Å². The Bertz CT molecular complexity index is 699. The Labute approximate surface area is 136 Å². The molecule has 0 heterocycles. The lowest BCUT2D eigenvalue weighted by Crippen LogP contribution is -2.22. The Balaban J connectivity index is 2.01. The Morgan fingerprint density at radius 1 is 1.00 bits per heavy atom. The molecular formula is C18H22N2O3. The number of benzene rings is 2. The topological polar surface area (TPSA) is 59.6 Å². The molecule has 2 aromatic rings. The van der Waals surface area contributed by atoms with Crippen molar-refractivity contribution in [1.29, 1.82) is 0 Å². The molecule has 0 radical (unpaired) electrons. The van der Waals surface area contributed by atoms with Crippen LogP contribution in [0, 0.1) is 13.8 Å². The highest BCUT2D eigenvalue weighted by atomic mass is 16.5. The van der Waals surface area contributed by atoms with E-state index in [1.807, 2.05) is 32.0 Å². The molecule has 0 saturated heterocycles. The molecule has 2 rings (SSSR count). The van der Waals surface area contributed by atoms with Crippen LogP contribution in [0.15, 0.2) is 36.4 Å². The maximum atomic E-state index is 12.1. The highest BCUT2D eigenvalue weighted by Crippen LogP contribution is 2.28. The number of aryl methyl sites for hydroxylation is 2. The monoisotopic (exact) mass is 314 g/mol. The summed E-state index contributed by atoms with van der Waals surface area (Å²) in [5.41, 5.74) is 3.74. The lowest BCUT2D eigenvalue weighted by Gasteiger charge is -2.13. The molecule has 23 heavy (non-hydrogen) atoms. The van der Waals surface area contributed by atoms with Gasteiger partial charge < -0.3 is 20.1 Å². The maximum absolute atomic E-state index is 12.1. The number of carbonyl (C=O) groups excluding carboxylic acids is 1. The summed E-state index contributed by atoms with van der Waals surface area (Å²) >= 11 is 0. The molecule has 0 saturated carbocycles. The van der Waals surface area contributed by atoms with Gasteiger partial charge in [-0.2, -0.15) is 0 Å². The lowest BCUT2D eigenvalue weighted by molar-refractivity contribution is -0.114. The molecule has 0 bridgehead atoms. The van der Waals surface area contributed by atoms with Crippen molar-refractivity contribution in [2.45, 2.75) is 13.8 Å². The summed E-state index contributed by atoms with van der Waals surface area (Å²) in [4.78, 5) is 12.1. The SMILES string of the molecule is COc1ccc(OC)c(NCC(=O)Nc2ccc(C)cc2C)c1. The fourth-order valence-corrected chi connectivity index (χ4v) is 2.28. The van der Waals surface area contributed by atoms with Crippen molar-refractivity contribution in [3.05, 3.63) is 47.5 Å². The van der Waals surface area contributed by atoms with E-state index in [2.05, 4.69) is 10.6 Å². The van der Waals surface area contributed by atoms with Gasteiger partial charge >= 0.3 is 0 Å². The van der Waals surface area contributed by atoms with Gasteiger partial charge in [0.1, 0.15) is 11.5 Å². The fourth-order valence-electron chi connectivity index (χ4n) is 2.28. The summed E-state index contributed by atoms with van der Waals surface area (Å²) in [5, 5.41) is 5.97. The van der Waals surface area contributed by atoms with Gasteiger partial charge in [-0.1, -0.05) is 17.7 Å². The largest absolute Gasteiger partial charge is 0.497 e. The van der Waals surface area contributed by atoms with Crippen LogP contribution in [-0.2, 0) is 4.79 Å². The molecule has 122 valence electrons. The van der Waals surface area contributed by atoms with Crippen molar-refractivity contribution in [3.63, 3.8) is 0 Å². The fraction of sp³-hybridized carbons (Fsp3) is 0.278. The van der Waals surface area contributed by atoms with Gasteiger partial charge in [0.25, 0.3) is 0 Å². The predicted octanol–water partition coefficient (Wildman–Crippen LogP) is 3.37. The van der Waals surface area contributed by atoms with Crippen LogP contribution in [0.4, 0.5) is 11.4 Å². The van der Waals surface area contributed by atoms with Crippen molar-refractivity contribution < 1.29 is 14.3 Å². The average molecular weight is 314 g/mol. The highest BCUT2D eigenvalue weighted by molar-refractivity contribution is 5.94. The third-order valence-electron chi connectivity index (χ3n) is 3.50. The van der Waals surface area contributed by atoms with Crippen LogP contribution in [0.1, 0.15) is 11.1 Å². The minimum absolute atomic E-state index is 0.123. The Morgan fingerprint density at radius 2 is 1.78 bits per heavy atom. The number of nitrogens with one attached hydrogen (secondary N) is 2. The normalized spacial score (nSPS) is 10.1. The van der Waals surface area contributed by atoms with Gasteiger partial charge in [-0.3, -0.25) is 4.79 Å². The maximum Gasteiger partial charge on any atom is 0.243 e. The number of carbonyl (C=O) groups is 1. The zero-order valence-electron chi connectivity index (χ0n) is 13.9. The van der Waals surface area contributed by atoms with Crippen LogP contribution >= 0.6 is 0 Å². The zero-order valence-corrected chi connectivity index (χ0v) is 13.9. The molecule has 0 unspecified atom stereocenters. The second-order valence-electron chi connectivity index (χ2n) is 5.29. The van der Waals surface area contributed by atoms with E-state index in [9.17, 15) is 4.79 Å². The van der Waals surface area contributed by atoms with E-state index in [0.29, 0.717) is 17.2 Å². The Morgan fingerprint density at radius 3 is 2.43 bits per heavy atom. The first-order valence-corrected chi connectivity index (χ1v) is 7.36. The Hall–Kier alpha value is -2.69. The number of methoxy groups -OCH3 is 2. The summed E-state index contributed by atoms with van der Waals surface area (Å²) in [6, 6.07) is 11.3. The van der Waals surface area contributed by atoms with E-state index in [4.69, 9.17) is 9.47 Å². The number of hydrogen-bond donors (Lipinski definition) is 2. The van der Waals surface area contributed by atoms with E-state index < -0.39 is 0 Å². The molecule has 5 nitrogen and oxygen atoms in total. The third-order valence-corrected chi connectivity index (χ3v) is 3.50. The molecule has 0 aliphatic rings. The van der Waals surface area contributed by atoms with Crippen LogP contribution in [0.25, 0.3) is 0 Å². The second kappa shape index (κ2) is 7.54. The van der Waals surface area contributed by atoms with E-state index >= 15 is 0 Å². The van der Waals surface area contributed by atoms with Crippen LogP contribution < -0.4 is 20.1 Å². The van der Waals surface area contributed by atoms with Crippen molar-refractivity contribution >= 4 is 17.3 Å². The molecule has 5 heteroatoms. The van der Waals surface area contributed by atoms with E-state index in [1.54, 1.807) is 32.4 Å². The van der Waals surface area contributed by atoms with Crippen LogP contribution in [-0.4, -0.2) is 26.7 Å².